The maximum Gasteiger partial charge on any atom is 0.103 e. The Balaban J connectivity index is 2.20. The van der Waals surface area contributed by atoms with Gasteiger partial charge in [-0.3, -0.25) is 0 Å². The topological polar surface area (TPSA) is 27.0 Å². The Bertz CT molecular complexity index is 511. The molecule has 1 aromatic carbocycles. The Morgan fingerprint density at radius 3 is 2.65 bits per heavy atom. The lowest BCUT2D eigenvalue weighted by atomic mass is 9.77. The monoisotopic (exact) mass is 290 g/mol. The van der Waals surface area contributed by atoms with Gasteiger partial charge in [0, 0.05) is 13.1 Å². The predicted molar refractivity (Wildman–Crippen MR) is 85.2 cm³/mol. The van der Waals surface area contributed by atoms with Gasteiger partial charge in [0.1, 0.15) is 6.07 Å². The summed E-state index contributed by atoms with van der Waals surface area (Å²) >= 11 is 6.14. The van der Waals surface area contributed by atoms with Crippen molar-refractivity contribution < 1.29 is 0 Å². The molecule has 0 amide bonds. The third-order valence-corrected chi connectivity index (χ3v) is 4.71. The van der Waals surface area contributed by atoms with Crippen LogP contribution < -0.4 is 4.90 Å². The summed E-state index contributed by atoms with van der Waals surface area (Å²) in [6, 6.07) is 7.99. The molecule has 1 fully saturated rings. The van der Waals surface area contributed by atoms with Gasteiger partial charge >= 0.3 is 0 Å². The van der Waals surface area contributed by atoms with Crippen molar-refractivity contribution in [2.75, 3.05) is 18.0 Å². The van der Waals surface area contributed by atoms with Crippen LogP contribution in [-0.2, 0) is 0 Å². The molecular weight excluding hydrogens is 268 g/mol. The number of benzene rings is 1. The van der Waals surface area contributed by atoms with Crippen molar-refractivity contribution >= 4 is 17.3 Å². The zero-order valence-electron chi connectivity index (χ0n) is 12.6. The molecular formula is C17H23ClN2. The molecule has 1 atom stereocenters. The Kier molecular flexibility index (Phi) is 4.60. The summed E-state index contributed by atoms with van der Waals surface area (Å²) in [5.41, 5.74) is 1.97. The highest BCUT2D eigenvalue weighted by Gasteiger charge is 2.27. The van der Waals surface area contributed by atoms with E-state index in [0.29, 0.717) is 16.0 Å². The first kappa shape index (κ1) is 15.2. The van der Waals surface area contributed by atoms with Gasteiger partial charge in [-0.2, -0.15) is 5.26 Å². The van der Waals surface area contributed by atoms with Crippen LogP contribution in [0.3, 0.4) is 0 Å². The minimum atomic E-state index is 0.363. The molecule has 3 heteroatoms. The quantitative estimate of drug-likeness (QED) is 0.738. The lowest BCUT2D eigenvalue weighted by Crippen LogP contribution is -2.26. The van der Waals surface area contributed by atoms with E-state index in [1.54, 1.807) is 6.07 Å². The normalized spacial score (nSPS) is 20.4. The molecule has 1 aromatic rings. The molecule has 1 aliphatic heterocycles. The van der Waals surface area contributed by atoms with E-state index in [-0.39, 0.29) is 0 Å². The van der Waals surface area contributed by atoms with E-state index in [4.69, 9.17) is 11.6 Å². The van der Waals surface area contributed by atoms with Crippen LogP contribution in [0.25, 0.3) is 0 Å². The first-order valence-corrected chi connectivity index (χ1v) is 7.75. The number of anilines is 1. The van der Waals surface area contributed by atoms with Crippen molar-refractivity contribution in [1.82, 2.24) is 0 Å². The molecule has 0 radical (unpaired) electrons. The summed E-state index contributed by atoms with van der Waals surface area (Å²) in [7, 11) is 0. The number of hydrogen-bond acceptors (Lipinski definition) is 2. The van der Waals surface area contributed by atoms with E-state index in [2.05, 4.69) is 31.7 Å². The minimum Gasteiger partial charge on any atom is -0.370 e. The van der Waals surface area contributed by atoms with Crippen LogP contribution in [0.2, 0.25) is 5.02 Å². The molecule has 1 unspecified atom stereocenters. The van der Waals surface area contributed by atoms with Gasteiger partial charge < -0.3 is 4.90 Å². The second-order valence-electron chi connectivity index (χ2n) is 6.73. The van der Waals surface area contributed by atoms with Gasteiger partial charge in [0.05, 0.1) is 16.3 Å². The van der Waals surface area contributed by atoms with Crippen LogP contribution in [0.15, 0.2) is 18.2 Å². The van der Waals surface area contributed by atoms with Crippen molar-refractivity contribution in [2.45, 2.75) is 40.0 Å². The van der Waals surface area contributed by atoms with E-state index < -0.39 is 0 Å². The first-order chi connectivity index (χ1) is 9.43. The highest BCUT2D eigenvalue weighted by Crippen LogP contribution is 2.36. The van der Waals surface area contributed by atoms with E-state index in [1.165, 1.54) is 19.3 Å². The van der Waals surface area contributed by atoms with E-state index in [9.17, 15) is 5.26 Å². The van der Waals surface area contributed by atoms with Crippen LogP contribution in [0.4, 0.5) is 5.69 Å². The van der Waals surface area contributed by atoms with E-state index >= 15 is 0 Å². The standard InChI is InChI=1S/C17H23ClN2/c1-17(2,3)13-6-5-10-20(11-9-13)16-8-4-7-15(18)14(16)12-19/h4,7-8,13H,5-6,9-11H2,1-3H3. The van der Waals surface area contributed by atoms with Gasteiger partial charge in [-0.05, 0) is 42.7 Å². The number of hydrogen-bond donors (Lipinski definition) is 0. The largest absolute Gasteiger partial charge is 0.370 e. The predicted octanol–water partition coefficient (Wildman–Crippen LogP) is 4.86. The molecule has 1 heterocycles. The molecule has 20 heavy (non-hydrogen) atoms. The van der Waals surface area contributed by atoms with Crippen molar-refractivity contribution in [3.8, 4) is 6.07 Å². The molecule has 1 saturated heterocycles. The number of halogens is 1. The first-order valence-electron chi connectivity index (χ1n) is 7.37. The van der Waals surface area contributed by atoms with Crippen LogP contribution >= 0.6 is 11.6 Å². The highest BCUT2D eigenvalue weighted by atomic mass is 35.5. The molecule has 0 aliphatic carbocycles. The maximum atomic E-state index is 9.32. The van der Waals surface area contributed by atoms with Crippen LogP contribution in [-0.4, -0.2) is 13.1 Å². The molecule has 0 saturated carbocycles. The Morgan fingerprint density at radius 1 is 1.25 bits per heavy atom. The number of rotatable bonds is 1. The minimum absolute atomic E-state index is 0.363. The molecule has 1 aliphatic rings. The summed E-state index contributed by atoms with van der Waals surface area (Å²) in [6.45, 7) is 9.01. The third-order valence-electron chi connectivity index (χ3n) is 4.40. The van der Waals surface area contributed by atoms with E-state index in [1.807, 2.05) is 12.1 Å². The average molecular weight is 291 g/mol. The number of nitrogens with zero attached hydrogens (tertiary/aromatic N) is 2. The summed E-state index contributed by atoms with van der Waals surface area (Å²) in [4.78, 5) is 2.33. The zero-order chi connectivity index (χ0) is 14.8. The summed E-state index contributed by atoms with van der Waals surface area (Å²) < 4.78 is 0. The van der Waals surface area contributed by atoms with E-state index in [0.717, 1.165) is 24.7 Å². The van der Waals surface area contributed by atoms with Crippen molar-refractivity contribution in [1.29, 1.82) is 5.26 Å². The summed E-state index contributed by atoms with van der Waals surface area (Å²) in [6.07, 6.45) is 3.63. The van der Waals surface area contributed by atoms with Gasteiger partial charge in [0.2, 0.25) is 0 Å². The molecule has 2 nitrogen and oxygen atoms in total. The fourth-order valence-corrected chi connectivity index (χ4v) is 3.30. The van der Waals surface area contributed by atoms with Gasteiger partial charge in [-0.15, -0.1) is 0 Å². The Hall–Kier alpha value is -1.20. The zero-order valence-corrected chi connectivity index (χ0v) is 13.4. The van der Waals surface area contributed by atoms with Crippen molar-refractivity contribution in [3.05, 3.63) is 28.8 Å². The highest BCUT2D eigenvalue weighted by molar-refractivity contribution is 6.32. The van der Waals surface area contributed by atoms with Crippen molar-refractivity contribution in [2.24, 2.45) is 11.3 Å². The summed E-state index contributed by atoms with van der Waals surface area (Å²) in [5.74, 6) is 0.747. The SMILES string of the molecule is CC(C)(C)C1CCCN(c2cccc(Cl)c2C#N)CC1. The van der Waals surface area contributed by atoms with Crippen molar-refractivity contribution in [3.63, 3.8) is 0 Å². The Labute approximate surface area is 127 Å². The molecule has 0 spiro atoms. The molecule has 2 rings (SSSR count). The lowest BCUT2D eigenvalue weighted by Gasteiger charge is -2.30. The van der Waals surface area contributed by atoms with Crippen LogP contribution in [0.1, 0.15) is 45.6 Å². The molecule has 0 bridgehead atoms. The molecule has 108 valence electrons. The maximum absolute atomic E-state index is 9.32. The third kappa shape index (κ3) is 3.27. The van der Waals surface area contributed by atoms with Crippen LogP contribution in [0.5, 0.6) is 0 Å². The molecule has 0 aromatic heterocycles. The lowest BCUT2D eigenvalue weighted by molar-refractivity contribution is 0.220. The van der Waals surface area contributed by atoms with Gasteiger partial charge in [0.15, 0.2) is 0 Å². The molecule has 0 N–H and O–H groups in total. The summed E-state index contributed by atoms with van der Waals surface area (Å²) in [5, 5.41) is 9.88. The second-order valence-corrected chi connectivity index (χ2v) is 7.13. The smallest absolute Gasteiger partial charge is 0.103 e. The van der Waals surface area contributed by atoms with Crippen LogP contribution in [0, 0.1) is 22.7 Å². The fraction of sp³-hybridized carbons (Fsp3) is 0.588. The Morgan fingerprint density at radius 2 is 2.00 bits per heavy atom. The average Bonchev–Trinajstić information content (AvgIpc) is 2.63. The number of nitriles is 1. The van der Waals surface area contributed by atoms with Gasteiger partial charge in [-0.25, -0.2) is 0 Å². The second kappa shape index (κ2) is 6.06. The fourth-order valence-electron chi connectivity index (χ4n) is 3.09. The van der Waals surface area contributed by atoms with Gasteiger partial charge in [0.25, 0.3) is 0 Å². The van der Waals surface area contributed by atoms with Gasteiger partial charge in [-0.1, -0.05) is 38.4 Å².